The summed E-state index contributed by atoms with van der Waals surface area (Å²) >= 11 is 0. The molecule has 43 heavy (non-hydrogen) atoms. The third-order valence-electron chi connectivity index (χ3n) is 6.82. The molecular formula is C30H26O13. The number of ether oxygens (including phenoxy) is 2. The largest absolute Gasteiger partial charge is 0.508 e. The number of benzene rings is 3. The van der Waals surface area contributed by atoms with E-state index in [4.69, 9.17) is 13.9 Å². The van der Waals surface area contributed by atoms with Gasteiger partial charge in [-0.3, -0.25) is 9.59 Å². The van der Waals surface area contributed by atoms with Crippen molar-refractivity contribution in [3.05, 3.63) is 82.5 Å². The first-order chi connectivity index (χ1) is 20.4. The van der Waals surface area contributed by atoms with E-state index in [2.05, 4.69) is 0 Å². The van der Waals surface area contributed by atoms with Crippen LogP contribution in [0.3, 0.4) is 0 Å². The lowest BCUT2D eigenvalue weighted by atomic mass is 9.93. The van der Waals surface area contributed by atoms with Crippen molar-refractivity contribution in [2.75, 3.05) is 0 Å². The lowest BCUT2D eigenvalue weighted by molar-refractivity contribution is -0.285. The third kappa shape index (κ3) is 5.88. The van der Waals surface area contributed by atoms with Gasteiger partial charge in [0.2, 0.25) is 17.5 Å². The SMILES string of the molecule is O=C(C=Cc1ccc(O)cc1)C(O)[C@H]1OC(Oc2c(-c3ccc(O)cc3)oc3cc(O)cc(O)c3c2=O)[C@H](O)[C@@H](O)[C@@H]1O. The predicted octanol–water partition coefficient (Wildman–Crippen LogP) is 1.11. The molecule has 1 saturated heterocycles. The lowest BCUT2D eigenvalue weighted by Crippen LogP contribution is -2.63. The second-order valence-electron chi connectivity index (χ2n) is 9.81. The Morgan fingerprint density at radius 2 is 1.47 bits per heavy atom. The van der Waals surface area contributed by atoms with Gasteiger partial charge in [-0.05, 0) is 48.0 Å². The van der Waals surface area contributed by atoms with E-state index in [-0.39, 0.29) is 28.4 Å². The van der Waals surface area contributed by atoms with Crippen LogP contribution < -0.4 is 10.2 Å². The fourth-order valence-electron chi connectivity index (χ4n) is 4.55. The van der Waals surface area contributed by atoms with Crippen LogP contribution in [0.4, 0.5) is 0 Å². The molecule has 8 N–H and O–H groups in total. The highest BCUT2D eigenvalue weighted by Gasteiger charge is 2.49. The Bertz CT molecular complexity index is 1730. The molecule has 4 aromatic rings. The monoisotopic (exact) mass is 594 g/mol. The number of aromatic hydroxyl groups is 4. The molecule has 13 heteroatoms. The van der Waals surface area contributed by atoms with Crippen LogP contribution in [-0.2, 0) is 9.53 Å². The van der Waals surface area contributed by atoms with Gasteiger partial charge in [-0.15, -0.1) is 0 Å². The molecule has 3 aromatic carbocycles. The van der Waals surface area contributed by atoms with Crippen molar-refractivity contribution < 1.29 is 59.5 Å². The van der Waals surface area contributed by atoms with Crippen molar-refractivity contribution in [2.24, 2.45) is 0 Å². The van der Waals surface area contributed by atoms with Gasteiger partial charge in [-0.25, -0.2) is 0 Å². The Morgan fingerprint density at radius 1 is 0.837 bits per heavy atom. The van der Waals surface area contributed by atoms with Crippen molar-refractivity contribution in [2.45, 2.75) is 36.8 Å². The van der Waals surface area contributed by atoms with Crippen LogP contribution in [0.15, 0.2) is 76.0 Å². The number of carbonyl (C=O) groups excluding carboxylic acids is 1. The summed E-state index contributed by atoms with van der Waals surface area (Å²) in [6, 6.07) is 13.0. The zero-order chi connectivity index (χ0) is 31.0. The Balaban J connectivity index is 1.50. The van der Waals surface area contributed by atoms with E-state index in [0.717, 1.165) is 18.2 Å². The van der Waals surface area contributed by atoms with Gasteiger partial charge < -0.3 is 54.7 Å². The molecule has 2 unspecified atom stereocenters. The maximum Gasteiger partial charge on any atom is 0.239 e. The van der Waals surface area contributed by atoms with Crippen LogP contribution in [-0.4, -0.2) is 83.4 Å². The molecule has 1 aliphatic heterocycles. The molecule has 0 spiro atoms. The summed E-state index contributed by atoms with van der Waals surface area (Å²) in [5, 5.41) is 81.4. The van der Waals surface area contributed by atoms with Crippen LogP contribution in [0.2, 0.25) is 0 Å². The van der Waals surface area contributed by atoms with Crippen LogP contribution >= 0.6 is 0 Å². The highest BCUT2D eigenvalue weighted by molar-refractivity contribution is 5.97. The van der Waals surface area contributed by atoms with E-state index in [1.807, 2.05) is 0 Å². The molecule has 1 aromatic heterocycles. The Hall–Kier alpha value is -4.92. The van der Waals surface area contributed by atoms with Gasteiger partial charge in [0.15, 0.2) is 11.5 Å². The summed E-state index contributed by atoms with van der Waals surface area (Å²) in [5.74, 6) is -3.06. The minimum absolute atomic E-state index is 0.00297. The van der Waals surface area contributed by atoms with Gasteiger partial charge in [0.1, 0.15) is 64.5 Å². The summed E-state index contributed by atoms with van der Waals surface area (Å²) in [4.78, 5) is 26.3. The summed E-state index contributed by atoms with van der Waals surface area (Å²) in [6.45, 7) is 0. The Kier molecular flexibility index (Phi) is 8.08. The van der Waals surface area contributed by atoms with E-state index >= 15 is 0 Å². The van der Waals surface area contributed by atoms with Crippen LogP contribution in [0.5, 0.6) is 28.7 Å². The highest BCUT2D eigenvalue weighted by Crippen LogP contribution is 2.37. The van der Waals surface area contributed by atoms with Crippen molar-refractivity contribution in [1.29, 1.82) is 0 Å². The van der Waals surface area contributed by atoms with E-state index in [1.165, 1.54) is 54.6 Å². The van der Waals surface area contributed by atoms with Gasteiger partial charge >= 0.3 is 0 Å². The first-order valence-corrected chi connectivity index (χ1v) is 12.8. The minimum Gasteiger partial charge on any atom is -0.508 e. The summed E-state index contributed by atoms with van der Waals surface area (Å²) in [7, 11) is 0. The van der Waals surface area contributed by atoms with Gasteiger partial charge in [0.25, 0.3) is 0 Å². The van der Waals surface area contributed by atoms with E-state index in [9.17, 15) is 50.4 Å². The molecule has 2 heterocycles. The number of rotatable bonds is 7. The molecule has 5 rings (SSSR count). The number of hydrogen-bond donors (Lipinski definition) is 8. The van der Waals surface area contributed by atoms with Crippen molar-refractivity contribution in [1.82, 2.24) is 0 Å². The molecule has 1 aliphatic rings. The topological polar surface area (TPSA) is 228 Å². The smallest absolute Gasteiger partial charge is 0.239 e. The maximum atomic E-state index is 13.6. The number of fused-ring (bicyclic) bond motifs is 1. The van der Waals surface area contributed by atoms with Crippen molar-refractivity contribution in [3.63, 3.8) is 0 Å². The number of aliphatic hydroxyl groups is 4. The number of hydrogen-bond acceptors (Lipinski definition) is 13. The lowest BCUT2D eigenvalue weighted by Gasteiger charge is -2.41. The summed E-state index contributed by atoms with van der Waals surface area (Å²) in [5.41, 5.74) is -0.547. The van der Waals surface area contributed by atoms with Crippen LogP contribution in [0.25, 0.3) is 28.4 Å². The standard InChI is InChI=1S/C30H26O13/c31-15-6-1-13(2-7-15)3-10-18(34)22(36)28-25(39)24(38)26(40)30(42-28)43-29-23(37)21-19(35)11-17(33)12-20(21)41-27(29)14-4-8-16(32)9-5-14/h1-12,22,24-26,28,30-33,35-36,38-40H/t22?,24-,25-,26+,28+,30?/m0/s1. The molecule has 0 aliphatic carbocycles. The van der Waals surface area contributed by atoms with Gasteiger partial charge in [-0.2, -0.15) is 0 Å². The number of phenols is 4. The average molecular weight is 595 g/mol. The van der Waals surface area contributed by atoms with Crippen molar-refractivity contribution in [3.8, 4) is 40.1 Å². The molecule has 6 atom stereocenters. The molecule has 0 amide bonds. The molecule has 0 radical (unpaired) electrons. The second kappa shape index (κ2) is 11.8. The van der Waals surface area contributed by atoms with Gasteiger partial charge in [-0.1, -0.05) is 18.2 Å². The fraction of sp³-hybridized carbons (Fsp3) is 0.200. The zero-order valence-corrected chi connectivity index (χ0v) is 22.0. The number of aliphatic hydroxyl groups excluding tert-OH is 4. The number of ketones is 1. The molecule has 224 valence electrons. The second-order valence-corrected chi connectivity index (χ2v) is 9.81. The molecule has 1 fully saturated rings. The average Bonchev–Trinajstić information content (AvgIpc) is 2.97. The third-order valence-corrected chi connectivity index (χ3v) is 6.82. The predicted molar refractivity (Wildman–Crippen MR) is 148 cm³/mol. The van der Waals surface area contributed by atoms with E-state index in [1.54, 1.807) is 0 Å². The molecule has 13 nitrogen and oxygen atoms in total. The van der Waals surface area contributed by atoms with Crippen molar-refractivity contribution >= 4 is 22.8 Å². The molecule has 0 saturated carbocycles. The van der Waals surface area contributed by atoms with E-state index < -0.39 is 70.7 Å². The van der Waals surface area contributed by atoms with Gasteiger partial charge in [0.05, 0.1) is 0 Å². The first kappa shape index (κ1) is 29.6. The normalized spacial score (nSPS) is 22.9. The Labute approximate surface area is 242 Å². The number of phenolic OH excluding ortho intramolecular Hbond substituents is 4. The maximum absolute atomic E-state index is 13.6. The van der Waals surface area contributed by atoms with Gasteiger partial charge in [0, 0.05) is 17.7 Å². The fourth-order valence-corrected chi connectivity index (χ4v) is 4.55. The van der Waals surface area contributed by atoms with Crippen LogP contribution in [0.1, 0.15) is 5.56 Å². The van der Waals surface area contributed by atoms with Crippen LogP contribution in [0, 0.1) is 0 Å². The Morgan fingerprint density at radius 3 is 2.12 bits per heavy atom. The number of carbonyl (C=O) groups is 1. The first-order valence-electron chi connectivity index (χ1n) is 12.8. The molecule has 0 bridgehead atoms. The quantitative estimate of drug-likeness (QED) is 0.140. The minimum atomic E-state index is -2.06. The summed E-state index contributed by atoms with van der Waals surface area (Å²) in [6.07, 6.45) is -9.52. The van der Waals surface area contributed by atoms with E-state index in [0.29, 0.717) is 5.56 Å². The molecular weight excluding hydrogens is 568 g/mol. The summed E-state index contributed by atoms with van der Waals surface area (Å²) < 4.78 is 17.0. The zero-order valence-electron chi connectivity index (χ0n) is 22.0. The highest BCUT2D eigenvalue weighted by atomic mass is 16.7.